The Kier molecular flexibility index (Phi) is 14.0. The SMILES string of the molecule is CC[C@H](C)[C@@H]1NC(=O)[C@H]([C@@H](C)O)NC(=O)CCCN(C(=O)c2ccccn2)CCNC(=O)c2ccc(OC)c(c2)Oc2cc(F)cc(c2)CNC1=O. The van der Waals surface area contributed by atoms with E-state index in [4.69, 9.17) is 9.47 Å². The largest absolute Gasteiger partial charge is 0.493 e. The predicted octanol–water partition coefficient (Wildman–Crippen LogP) is 2.70. The van der Waals surface area contributed by atoms with E-state index in [1.54, 1.807) is 25.1 Å². The zero-order valence-electron chi connectivity index (χ0n) is 29.6. The third-order valence-electron chi connectivity index (χ3n) is 8.60. The molecule has 0 saturated carbocycles. The monoisotopic (exact) mass is 720 g/mol. The predicted molar refractivity (Wildman–Crippen MR) is 188 cm³/mol. The highest BCUT2D eigenvalue weighted by Gasteiger charge is 2.32. The first-order valence-corrected chi connectivity index (χ1v) is 17.1. The summed E-state index contributed by atoms with van der Waals surface area (Å²) in [6, 6.07) is 10.8. The highest BCUT2D eigenvalue weighted by Crippen LogP contribution is 2.33. The molecule has 1 aliphatic heterocycles. The summed E-state index contributed by atoms with van der Waals surface area (Å²) >= 11 is 0. The number of rotatable bonds is 5. The van der Waals surface area contributed by atoms with Gasteiger partial charge < -0.3 is 40.7 Å². The van der Waals surface area contributed by atoms with E-state index in [9.17, 15) is 33.5 Å². The number of carbonyl (C=O) groups is 5. The van der Waals surface area contributed by atoms with Gasteiger partial charge in [0.05, 0.1) is 13.2 Å². The molecule has 5 amide bonds. The number of aliphatic hydroxyl groups excluding tert-OH is 1. The second-order valence-electron chi connectivity index (χ2n) is 12.5. The van der Waals surface area contributed by atoms with Crippen molar-refractivity contribution in [2.75, 3.05) is 26.7 Å². The van der Waals surface area contributed by atoms with E-state index in [1.807, 2.05) is 6.92 Å². The zero-order valence-corrected chi connectivity index (χ0v) is 29.6. The number of nitrogens with one attached hydrogen (secondary N) is 4. The Hall–Kier alpha value is -5.57. The van der Waals surface area contributed by atoms with Gasteiger partial charge in [0, 0.05) is 50.4 Å². The van der Waals surface area contributed by atoms with Crippen molar-refractivity contribution < 1.29 is 42.9 Å². The van der Waals surface area contributed by atoms with Crippen molar-refractivity contribution in [3.63, 3.8) is 0 Å². The molecule has 0 spiro atoms. The Morgan fingerprint density at radius 2 is 1.81 bits per heavy atom. The fourth-order valence-corrected chi connectivity index (χ4v) is 5.50. The van der Waals surface area contributed by atoms with E-state index in [0.717, 1.165) is 6.07 Å². The first kappa shape index (κ1) is 39.2. The van der Waals surface area contributed by atoms with Gasteiger partial charge in [-0.2, -0.15) is 0 Å². The topological polar surface area (TPSA) is 188 Å². The van der Waals surface area contributed by atoms with Crippen LogP contribution < -0.4 is 30.7 Å². The molecule has 1 aromatic heterocycles. The maximum Gasteiger partial charge on any atom is 0.272 e. The van der Waals surface area contributed by atoms with E-state index in [0.29, 0.717) is 12.0 Å². The standard InChI is InChI=1S/C37H45FN6O8/c1-5-22(2)32-35(48)41-21-24-17-26(38)20-27(18-24)52-30-19-25(11-12-29(30)51-4)34(47)40-14-16-44(37(50)28-9-6-7-13-39-28)15-8-10-31(46)42-33(23(3)45)36(49)43-32/h6-7,9,11-13,17-20,22-23,32-33,45H,5,8,10,14-16,21H2,1-4H3,(H,40,47)(H,41,48)(H,42,46)(H,43,49)/t22-,23+,32-,33-/m0/s1. The maximum atomic E-state index is 14.8. The number of amides is 5. The Labute approximate surface area is 301 Å². The van der Waals surface area contributed by atoms with Gasteiger partial charge in [-0.25, -0.2) is 4.39 Å². The fraction of sp³-hybridized carbons (Fsp3) is 0.405. The number of methoxy groups -OCH3 is 1. The van der Waals surface area contributed by atoms with Crippen LogP contribution in [0.4, 0.5) is 4.39 Å². The second-order valence-corrected chi connectivity index (χ2v) is 12.5. The first-order chi connectivity index (χ1) is 24.9. The van der Waals surface area contributed by atoms with Crippen LogP contribution in [-0.2, 0) is 20.9 Å². The molecule has 2 heterocycles. The van der Waals surface area contributed by atoms with E-state index >= 15 is 0 Å². The van der Waals surface area contributed by atoms with E-state index in [2.05, 4.69) is 26.3 Å². The van der Waals surface area contributed by atoms with Crippen LogP contribution in [0.1, 0.15) is 66.4 Å². The van der Waals surface area contributed by atoms with Gasteiger partial charge in [0.1, 0.15) is 29.3 Å². The Balaban J connectivity index is 1.66. The molecule has 5 N–H and O–H groups in total. The zero-order chi connectivity index (χ0) is 37.8. The third-order valence-corrected chi connectivity index (χ3v) is 8.60. The molecule has 0 radical (unpaired) electrons. The van der Waals surface area contributed by atoms with Crippen LogP contribution in [0.5, 0.6) is 17.2 Å². The quantitative estimate of drug-likeness (QED) is 0.264. The molecule has 0 aliphatic carbocycles. The number of pyridine rings is 1. The molecule has 278 valence electrons. The number of ether oxygens (including phenoxy) is 2. The number of aliphatic hydroxyl groups is 1. The highest BCUT2D eigenvalue weighted by atomic mass is 19.1. The van der Waals surface area contributed by atoms with Gasteiger partial charge in [-0.15, -0.1) is 0 Å². The van der Waals surface area contributed by atoms with Gasteiger partial charge in [-0.05, 0) is 67.3 Å². The number of halogens is 1. The molecule has 0 saturated heterocycles. The van der Waals surface area contributed by atoms with Crippen molar-refractivity contribution in [2.24, 2.45) is 5.92 Å². The normalized spacial score (nSPS) is 19.4. The van der Waals surface area contributed by atoms with E-state index < -0.39 is 53.5 Å². The summed E-state index contributed by atoms with van der Waals surface area (Å²) in [5.74, 6) is -3.30. The molecule has 1 aliphatic rings. The maximum absolute atomic E-state index is 14.8. The van der Waals surface area contributed by atoms with Crippen LogP contribution in [0.3, 0.4) is 0 Å². The third kappa shape index (κ3) is 10.7. The molecular formula is C37H45FN6O8. The van der Waals surface area contributed by atoms with Crippen molar-refractivity contribution in [1.29, 1.82) is 0 Å². The number of nitrogens with zero attached hydrogens (tertiary/aromatic N) is 2. The van der Waals surface area contributed by atoms with Crippen molar-refractivity contribution in [3.05, 3.63) is 83.4 Å². The summed E-state index contributed by atoms with van der Waals surface area (Å²) in [5.41, 5.74) is 0.729. The lowest BCUT2D eigenvalue weighted by atomic mass is 9.97. The summed E-state index contributed by atoms with van der Waals surface area (Å²) in [5, 5.41) is 21.2. The number of aromatic nitrogens is 1. The first-order valence-electron chi connectivity index (χ1n) is 17.1. The summed E-state index contributed by atoms with van der Waals surface area (Å²) in [6.07, 6.45) is 0.763. The molecule has 14 nitrogen and oxygen atoms in total. The number of benzene rings is 2. The second kappa shape index (κ2) is 18.6. The van der Waals surface area contributed by atoms with Gasteiger partial charge in [-0.1, -0.05) is 26.3 Å². The molecule has 0 fully saturated rings. The molecule has 3 aromatic rings. The lowest BCUT2D eigenvalue weighted by Gasteiger charge is -2.28. The molecule has 0 unspecified atom stereocenters. The summed E-state index contributed by atoms with van der Waals surface area (Å²) < 4.78 is 26.2. The van der Waals surface area contributed by atoms with Crippen LogP contribution in [-0.4, -0.2) is 89.5 Å². The van der Waals surface area contributed by atoms with Crippen LogP contribution in [0.2, 0.25) is 0 Å². The Morgan fingerprint density at radius 1 is 1.02 bits per heavy atom. The molecule has 4 atom stereocenters. The lowest BCUT2D eigenvalue weighted by molar-refractivity contribution is -0.135. The van der Waals surface area contributed by atoms with Crippen LogP contribution in [0.25, 0.3) is 0 Å². The Morgan fingerprint density at radius 3 is 2.50 bits per heavy atom. The van der Waals surface area contributed by atoms with Crippen LogP contribution >= 0.6 is 0 Å². The molecular weight excluding hydrogens is 675 g/mol. The minimum Gasteiger partial charge on any atom is -0.493 e. The minimum atomic E-state index is -1.38. The van der Waals surface area contributed by atoms with Crippen LogP contribution in [0.15, 0.2) is 60.8 Å². The average molecular weight is 721 g/mol. The molecule has 4 bridgehead atoms. The van der Waals surface area contributed by atoms with Gasteiger partial charge in [0.25, 0.3) is 11.8 Å². The summed E-state index contributed by atoms with van der Waals surface area (Å²) in [4.78, 5) is 72.0. The molecule has 2 aromatic carbocycles. The van der Waals surface area contributed by atoms with Crippen LogP contribution in [0, 0.1) is 11.7 Å². The van der Waals surface area contributed by atoms with Crippen molar-refractivity contribution >= 4 is 29.5 Å². The molecule has 52 heavy (non-hydrogen) atoms. The highest BCUT2D eigenvalue weighted by molar-refractivity contribution is 5.95. The number of carbonyl (C=O) groups excluding carboxylic acids is 5. The molecule has 15 heteroatoms. The average Bonchev–Trinajstić information content (AvgIpc) is 3.13. The van der Waals surface area contributed by atoms with Crippen molar-refractivity contribution in [2.45, 2.75) is 64.8 Å². The molecule has 4 rings (SSSR count). The number of hydrogen-bond donors (Lipinski definition) is 5. The van der Waals surface area contributed by atoms with E-state index in [-0.39, 0.29) is 73.4 Å². The van der Waals surface area contributed by atoms with Gasteiger partial charge in [0.2, 0.25) is 17.7 Å². The lowest BCUT2D eigenvalue weighted by Crippen LogP contribution is -2.58. The van der Waals surface area contributed by atoms with E-state index in [1.165, 1.54) is 55.5 Å². The van der Waals surface area contributed by atoms with Gasteiger partial charge in [-0.3, -0.25) is 29.0 Å². The Bertz CT molecular complexity index is 1740. The number of fused-ring (bicyclic) bond motifs is 4. The van der Waals surface area contributed by atoms with Gasteiger partial charge in [0.15, 0.2) is 11.5 Å². The van der Waals surface area contributed by atoms with Gasteiger partial charge >= 0.3 is 0 Å². The fourth-order valence-electron chi connectivity index (χ4n) is 5.50. The van der Waals surface area contributed by atoms with Crippen molar-refractivity contribution in [3.8, 4) is 17.2 Å². The summed E-state index contributed by atoms with van der Waals surface area (Å²) in [7, 11) is 1.42. The summed E-state index contributed by atoms with van der Waals surface area (Å²) in [6.45, 7) is 5.06. The van der Waals surface area contributed by atoms with Crippen molar-refractivity contribution in [1.82, 2.24) is 31.2 Å². The minimum absolute atomic E-state index is 0.0480. The number of hydrogen-bond acceptors (Lipinski definition) is 9. The smallest absolute Gasteiger partial charge is 0.272 e.